The van der Waals surface area contributed by atoms with Crippen LogP contribution in [0.15, 0.2) is 71.3 Å². The van der Waals surface area contributed by atoms with Crippen LogP contribution < -0.4 is 5.48 Å². The van der Waals surface area contributed by atoms with Crippen LogP contribution >= 0.6 is 0 Å². The van der Waals surface area contributed by atoms with Gasteiger partial charge in [-0.3, -0.25) is 20.4 Å². The fourth-order valence-electron chi connectivity index (χ4n) is 4.99. The number of fused-ring (bicyclic) bond motifs is 1. The Bertz CT molecular complexity index is 1040. The van der Waals surface area contributed by atoms with E-state index in [1.807, 2.05) is 12.4 Å². The topological polar surface area (TPSA) is 78.9 Å². The maximum atomic E-state index is 15.6. The van der Waals surface area contributed by atoms with E-state index in [1.165, 1.54) is 45.3 Å². The van der Waals surface area contributed by atoms with Crippen LogP contribution in [-0.4, -0.2) is 59.4 Å². The Morgan fingerprint density at radius 2 is 2.09 bits per heavy atom. The lowest BCUT2D eigenvalue weighted by Gasteiger charge is -2.50. The molecule has 3 rings (SSSR count). The van der Waals surface area contributed by atoms with Crippen molar-refractivity contribution in [1.82, 2.24) is 10.4 Å². The fourth-order valence-corrected chi connectivity index (χ4v) is 4.99. The van der Waals surface area contributed by atoms with Gasteiger partial charge < -0.3 is 4.74 Å². The van der Waals surface area contributed by atoms with E-state index in [0.717, 1.165) is 18.4 Å². The largest absolute Gasteiger partial charge is 0.466 e. The molecule has 0 bridgehead atoms. The molecule has 35 heavy (non-hydrogen) atoms. The van der Waals surface area contributed by atoms with Crippen molar-refractivity contribution >= 4 is 11.8 Å². The second kappa shape index (κ2) is 10.8. The Morgan fingerprint density at radius 3 is 2.69 bits per heavy atom. The molecule has 0 saturated carbocycles. The molecule has 2 N–H and O–H groups in total. The lowest BCUT2D eigenvalue weighted by Crippen LogP contribution is -2.58. The summed E-state index contributed by atoms with van der Waals surface area (Å²) in [5.74, 6) is -3.56. The maximum Gasteiger partial charge on any atom is 0.330 e. The van der Waals surface area contributed by atoms with Gasteiger partial charge in [0.15, 0.2) is 5.78 Å². The molecule has 0 radical (unpaired) electrons. The number of carbonyl (C=O) groups excluding carboxylic acids is 2. The molecule has 6 nitrogen and oxygen atoms in total. The van der Waals surface area contributed by atoms with Crippen molar-refractivity contribution in [3.05, 3.63) is 71.3 Å². The van der Waals surface area contributed by atoms with Gasteiger partial charge in [-0.05, 0) is 57.1 Å². The van der Waals surface area contributed by atoms with Gasteiger partial charge in [0, 0.05) is 42.4 Å². The normalized spacial score (nSPS) is 31.0. The first-order chi connectivity index (χ1) is 16.4. The number of ketones is 1. The van der Waals surface area contributed by atoms with Gasteiger partial charge in [-0.15, -0.1) is 0 Å². The van der Waals surface area contributed by atoms with E-state index in [9.17, 15) is 14.0 Å². The number of hydrogen-bond donors (Lipinski definition) is 2. The number of ether oxygens (including phenoxy) is 1. The van der Waals surface area contributed by atoms with Crippen LogP contribution in [-0.2, 0) is 14.3 Å². The van der Waals surface area contributed by atoms with E-state index in [4.69, 9.17) is 5.21 Å². The summed E-state index contributed by atoms with van der Waals surface area (Å²) in [5.41, 5.74) is 1.27. The number of hydrogen-bond acceptors (Lipinski definition) is 6. The van der Waals surface area contributed by atoms with E-state index in [0.29, 0.717) is 12.0 Å². The average molecular weight is 493 g/mol. The number of likely N-dealkylation sites (tertiary alicyclic amines) is 1. The molecule has 0 aromatic carbocycles. The molecular formula is C26H31F3N2O4. The molecule has 3 aliphatic rings. The SMILES string of the molecule is COC(=O)/C=C/C1=CC(F)C(C2C3C=CC(=CNO)C(=O)C=C3CC(C)N2CC(C)(C)F)C(F)=C1. The number of nitrogens with one attached hydrogen (secondary N) is 1. The highest BCUT2D eigenvalue weighted by molar-refractivity contribution is 6.07. The average Bonchev–Trinajstić information content (AvgIpc) is 2.91. The molecule has 1 fully saturated rings. The van der Waals surface area contributed by atoms with Crippen molar-refractivity contribution in [3.8, 4) is 0 Å². The first-order valence-electron chi connectivity index (χ1n) is 11.4. The monoisotopic (exact) mass is 492 g/mol. The number of halogens is 3. The summed E-state index contributed by atoms with van der Waals surface area (Å²) in [7, 11) is 1.20. The maximum absolute atomic E-state index is 15.6. The van der Waals surface area contributed by atoms with Gasteiger partial charge in [0.25, 0.3) is 0 Å². The Morgan fingerprint density at radius 1 is 1.37 bits per heavy atom. The van der Waals surface area contributed by atoms with Gasteiger partial charge in [0.2, 0.25) is 0 Å². The number of nitrogens with zero attached hydrogens (tertiary/aromatic N) is 1. The number of esters is 1. The van der Waals surface area contributed by atoms with Crippen LogP contribution in [0.25, 0.3) is 0 Å². The van der Waals surface area contributed by atoms with Crippen molar-refractivity contribution in [2.45, 2.75) is 51.1 Å². The van der Waals surface area contributed by atoms with E-state index in [-0.39, 0.29) is 29.5 Å². The van der Waals surface area contributed by atoms with Crippen molar-refractivity contribution in [1.29, 1.82) is 0 Å². The lowest BCUT2D eigenvalue weighted by molar-refractivity contribution is -0.134. The summed E-state index contributed by atoms with van der Waals surface area (Å²) in [5, 5.41) is 9.01. The van der Waals surface area contributed by atoms with Gasteiger partial charge in [-0.25, -0.2) is 18.0 Å². The smallest absolute Gasteiger partial charge is 0.330 e. The van der Waals surface area contributed by atoms with Gasteiger partial charge >= 0.3 is 5.97 Å². The summed E-state index contributed by atoms with van der Waals surface area (Å²) >= 11 is 0. The predicted molar refractivity (Wildman–Crippen MR) is 125 cm³/mol. The third-order valence-electron chi connectivity index (χ3n) is 6.44. The first kappa shape index (κ1) is 26.7. The quantitative estimate of drug-likeness (QED) is 0.329. The van der Waals surface area contributed by atoms with E-state index in [2.05, 4.69) is 4.74 Å². The minimum Gasteiger partial charge on any atom is -0.466 e. The number of allylic oxidation sites excluding steroid dienone is 7. The van der Waals surface area contributed by atoms with Crippen LogP contribution in [0.3, 0.4) is 0 Å². The molecular weight excluding hydrogens is 461 g/mol. The van der Waals surface area contributed by atoms with Crippen LogP contribution in [0.2, 0.25) is 0 Å². The Kier molecular flexibility index (Phi) is 8.22. The van der Waals surface area contributed by atoms with Crippen molar-refractivity contribution in [2.24, 2.45) is 11.8 Å². The molecule has 5 atom stereocenters. The van der Waals surface area contributed by atoms with Gasteiger partial charge in [-0.2, -0.15) is 0 Å². The van der Waals surface area contributed by atoms with Crippen LogP contribution in [0, 0.1) is 11.8 Å². The number of methoxy groups -OCH3 is 1. The zero-order chi connectivity index (χ0) is 25.9. The van der Waals surface area contributed by atoms with E-state index < -0.39 is 41.5 Å². The van der Waals surface area contributed by atoms with Gasteiger partial charge in [0.05, 0.1) is 13.0 Å². The molecule has 2 aliphatic carbocycles. The molecule has 1 saturated heterocycles. The van der Waals surface area contributed by atoms with Crippen LogP contribution in [0.4, 0.5) is 13.2 Å². The molecule has 1 aliphatic heterocycles. The summed E-state index contributed by atoms with van der Waals surface area (Å²) in [6, 6.07) is -1.11. The number of piperidine rings is 1. The first-order valence-corrected chi connectivity index (χ1v) is 11.4. The number of hydroxylamine groups is 1. The highest BCUT2D eigenvalue weighted by atomic mass is 19.1. The zero-order valence-corrected chi connectivity index (χ0v) is 20.2. The highest BCUT2D eigenvalue weighted by Gasteiger charge is 2.48. The number of alkyl halides is 2. The Labute approximate surface area is 203 Å². The molecule has 0 aromatic rings. The second-order valence-corrected chi connectivity index (χ2v) is 9.65. The van der Waals surface area contributed by atoms with Gasteiger partial charge in [0.1, 0.15) is 17.7 Å². The number of rotatable bonds is 6. The van der Waals surface area contributed by atoms with E-state index >= 15 is 8.78 Å². The minimum absolute atomic E-state index is 0.0550. The van der Waals surface area contributed by atoms with Crippen molar-refractivity contribution in [3.63, 3.8) is 0 Å². The molecule has 0 amide bonds. The standard InChI is InChI=1S/C26H31F3N2O4/c1-15-9-18-12-22(32)17(13-30-34)6-7-19(18)25(31(15)14-26(2,3)29)24-20(27)10-16(11-21(24)28)5-8-23(33)35-4/h5-8,10-13,15,19-20,24-25,30,34H,9,14H2,1-4H3/b8-5+,17-13?. The summed E-state index contributed by atoms with van der Waals surface area (Å²) in [6.45, 7) is 4.62. The zero-order valence-electron chi connectivity index (χ0n) is 20.2. The Balaban J connectivity index is 2.07. The van der Waals surface area contributed by atoms with Crippen LogP contribution in [0.1, 0.15) is 27.2 Å². The molecule has 0 aromatic heterocycles. The molecule has 9 heteroatoms. The second-order valence-electron chi connectivity index (χ2n) is 9.65. The lowest BCUT2D eigenvalue weighted by atomic mass is 9.72. The third kappa shape index (κ3) is 6.21. The summed E-state index contributed by atoms with van der Waals surface area (Å²) in [6.07, 6.45) is 9.15. The van der Waals surface area contributed by atoms with E-state index in [1.54, 1.807) is 11.0 Å². The van der Waals surface area contributed by atoms with Crippen LogP contribution in [0.5, 0.6) is 0 Å². The molecule has 5 unspecified atom stereocenters. The molecule has 1 heterocycles. The minimum atomic E-state index is -1.76. The van der Waals surface area contributed by atoms with Gasteiger partial charge in [-0.1, -0.05) is 17.7 Å². The predicted octanol–water partition coefficient (Wildman–Crippen LogP) is 4.22. The summed E-state index contributed by atoms with van der Waals surface area (Å²) < 4.78 is 50.5. The highest BCUT2D eigenvalue weighted by Crippen LogP contribution is 2.45. The fraction of sp³-hybridized carbons (Fsp3) is 0.462. The molecule has 190 valence electrons. The number of carbonyl (C=O) groups is 2. The van der Waals surface area contributed by atoms with Crippen molar-refractivity contribution in [2.75, 3.05) is 13.7 Å². The third-order valence-corrected chi connectivity index (χ3v) is 6.44. The summed E-state index contributed by atoms with van der Waals surface area (Å²) in [4.78, 5) is 25.8. The molecule has 0 spiro atoms. The Hall–Kier alpha value is -2.91. The van der Waals surface area contributed by atoms with Crippen molar-refractivity contribution < 1.29 is 32.7 Å².